The number of carbonyl (C=O) groups is 2. The number of nitrogens with one attached hydrogen (secondary N) is 1. The van der Waals surface area contributed by atoms with Gasteiger partial charge < -0.3 is 24.3 Å². The number of ether oxygens (including phenoxy) is 4. The third-order valence-corrected chi connectivity index (χ3v) is 4.45. The van der Waals surface area contributed by atoms with Crippen LogP contribution in [0.25, 0.3) is 0 Å². The normalized spacial score (nSPS) is 19.3. The number of hydrogen-bond acceptors (Lipinski definition) is 7. The molecule has 1 saturated heterocycles. The molecule has 2 rings (SSSR count). The van der Waals surface area contributed by atoms with E-state index in [9.17, 15) is 9.59 Å². The lowest BCUT2D eigenvalue weighted by Crippen LogP contribution is -2.44. The monoisotopic (exact) mass is 394 g/mol. The Morgan fingerprint density at radius 2 is 1.82 bits per heavy atom. The molecule has 0 spiro atoms. The van der Waals surface area contributed by atoms with Crippen LogP contribution in [0.5, 0.6) is 11.5 Å². The summed E-state index contributed by atoms with van der Waals surface area (Å²) >= 11 is 0. The van der Waals surface area contributed by atoms with Crippen LogP contribution in [-0.2, 0) is 20.8 Å². The van der Waals surface area contributed by atoms with Gasteiger partial charge in [-0.3, -0.25) is 4.90 Å². The zero-order chi connectivity index (χ0) is 20.9. The lowest BCUT2D eigenvalue weighted by Gasteiger charge is -2.27. The molecule has 1 heterocycles. The smallest absolute Gasteiger partial charge is 0.411 e. The maximum atomic E-state index is 12.5. The van der Waals surface area contributed by atoms with Crippen molar-refractivity contribution in [1.29, 1.82) is 0 Å². The van der Waals surface area contributed by atoms with Gasteiger partial charge in [0, 0.05) is 19.1 Å². The van der Waals surface area contributed by atoms with E-state index in [0.717, 1.165) is 5.56 Å². The summed E-state index contributed by atoms with van der Waals surface area (Å²) in [6.07, 6.45) is -0.0579. The largest absolute Gasteiger partial charge is 0.493 e. The first-order chi connectivity index (χ1) is 13.2. The van der Waals surface area contributed by atoms with Crippen molar-refractivity contribution in [3.05, 3.63) is 23.8 Å². The highest BCUT2D eigenvalue weighted by atomic mass is 16.6. The number of benzene rings is 1. The van der Waals surface area contributed by atoms with E-state index < -0.39 is 23.7 Å². The van der Waals surface area contributed by atoms with Crippen LogP contribution >= 0.6 is 0 Å². The lowest BCUT2D eigenvalue weighted by atomic mass is 10.1. The van der Waals surface area contributed by atoms with Crippen LogP contribution in [-0.4, -0.2) is 62.5 Å². The van der Waals surface area contributed by atoms with E-state index in [0.29, 0.717) is 31.0 Å². The Labute approximate surface area is 166 Å². The van der Waals surface area contributed by atoms with Crippen molar-refractivity contribution < 1.29 is 28.5 Å². The molecule has 1 aliphatic heterocycles. The molecule has 1 aromatic rings. The van der Waals surface area contributed by atoms with Crippen molar-refractivity contribution in [1.82, 2.24) is 10.2 Å². The quantitative estimate of drug-likeness (QED) is 0.741. The third-order valence-electron chi connectivity index (χ3n) is 4.45. The first kappa shape index (κ1) is 21.8. The molecular formula is C20H30N2O6. The first-order valence-corrected chi connectivity index (χ1v) is 9.20. The molecule has 0 aliphatic carbocycles. The van der Waals surface area contributed by atoms with Gasteiger partial charge in [0.25, 0.3) is 0 Å². The Morgan fingerprint density at radius 1 is 1.14 bits per heavy atom. The maximum absolute atomic E-state index is 12.5. The molecule has 8 nitrogen and oxygen atoms in total. The molecule has 1 aliphatic rings. The second kappa shape index (κ2) is 9.14. The zero-order valence-electron chi connectivity index (χ0n) is 17.4. The minimum atomic E-state index is -0.664. The van der Waals surface area contributed by atoms with Gasteiger partial charge in [-0.05, 0) is 44.9 Å². The van der Waals surface area contributed by atoms with E-state index in [1.165, 1.54) is 12.0 Å². The molecule has 1 amide bonds. The molecular weight excluding hydrogens is 364 g/mol. The molecule has 28 heavy (non-hydrogen) atoms. The van der Waals surface area contributed by atoms with Crippen LogP contribution < -0.4 is 14.8 Å². The van der Waals surface area contributed by atoms with E-state index >= 15 is 0 Å². The van der Waals surface area contributed by atoms with Crippen molar-refractivity contribution in [2.45, 2.75) is 51.4 Å². The lowest BCUT2D eigenvalue weighted by molar-refractivity contribution is -0.145. The molecule has 156 valence electrons. The van der Waals surface area contributed by atoms with Crippen LogP contribution in [0.2, 0.25) is 0 Å². The molecule has 8 heteroatoms. The van der Waals surface area contributed by atoms with Crippen LogP contribution in [0, 0.1) is 0 Å². The van der Waals surface area contributed by atoms with E-state index in [-0.39, 0.29) is 6.04 Å². The van der Waals surface area contributed by atoms with Gasteiger partial charge in [0.05, 0.1) is 21.3 Å². The molecule has 0 radical (unpaired) electrons. The molecule has 0 unspecified atom stereocenters. The van der Waals surface area contributed by atoms with Crippen molar-refractivity contribution >= 4 is 12.1 Å². The summed E-state index contributed by atoms with van der Waals surface area (Å²) in [6, 6.07) is 4.94. The minimum Gasteiger partial charge on any atom is -0.493 e. The van der Waals surface area contributed by atoms with Gasteiger partial charge in [-0.25, -0.2) is 9.59 Å². The predicted molar refractivity (Wildman–Crippen MR) is 104 cm³/mol. The van der Waals surface area contributed by atoms with Gasteiger partial charge in [-0.1, -0.05) is 6.07 Å². The number of likely N-dealkylation sites (tertiary alicyclic amines) is 1. The highest BCUT2D eigenvalue weighted by molar-refractivity contribution is 5.82. The second-order valence-corrected chi connectivity index (χ2v) is 7.67. The van der Waals surface area contributed by atoms with E-state index in [1.54, 1.807) is 35.0 Å². The molecule has 0 aromatic heterocycles. The van der Waals surface area contributed by atoms with Crippen molar-refractivity contribution in [3.63, 3.8) is 0 Å². The molecule has 0 bridgehead atoms. The van der Waals surface area contributed by atoms with E-state index in [4.69, 9.17) is 18.9 Å². The Kier molecular flexibility index (Phi) is 7.12. The Balaban J connectivity index is 2.04. The average molecular weight is 394 g/mol. The van der Waals surface area contributed by atoms with Gasteiger partial charge in [0.1, 0.15) is 11.6 Å². The summed E-state index contributed by atoms with van der Waals surface area (Å²) in [5.41, 5.74) is 0.367. The van der Waals surface area contributed by atoms with Crippen molar-refractivity contribution in [3.8, 4) is 11.5 Å². The number of esters is 1. The number of hydrogen-bond donors (Lipinski definition) is 1. The number of methoxy groups -OCH3 is 3. The van der Waals surface area contributed by atoms with Crippen molar-refractivity contribution in [2.75, 3.05) is 27.9 Å². The molecule has 0 saturated carbocycles. The van der Waals surface area contributed by atoms with E-state index in [1.807, 2.05) is 18.2 Å². The molecule has 1 N–H and O–H groups in total. The topological polar surface area (TPSA) is 86.3 Å². The average Bonchev–Trinajstić information content (AvgIpc) is 3.08. The minimum absolute atomic E-state index is 0.0651. The van der Waals surface area contributed by atoms with Crippen LogP contribution in [0.3, 0.4) is 0 Å². The Bertz CT molecular complexity index is 700. The summed E-state index contributed by atoms with van der Waals surface area (Å²) in [5.74, 6) is 0.867. The maximum Gasteiger partial charge on any atom is 0.411 e. The van der Waals surface area contributed by atoms with Crippen molar-refractivity contribution in [2.24, 2.45) is 0 Å². The fraction of sp³-hybridized carbons (Fsp3) is 0.600. The summed E-state index contributed by atoms with van der Waals surface area (Å²) in [5, 5.41) is 3.39. The van der Waals surface area contributed by atoms with Gasteiger partial charge in [0.15, 0.2) is 11.5 Å². The fourth-order valence-electron chi connectivity index (χ4n) is 3.12. The predicted octanol–water partition coefficient (Wildman–Crippen LogP) is 2.34. The van der Waals surface area contributed by atoms with Crippen LogP contribution in [0.15, 0.2) is 18.2 Å². The number of carbonyl (C=O) groups excluding carboxylic acids is 2. The Morgan fingerprint density at radius 3 is 2.39 bits per heavy atom. The first-order valence-electron chi connectivity index (χ1n) is 9.20. The third kappa shape index (κ3) is 5.51. The summed E-state index contributed by atoms with van der Waals surface area (Å²) in [6.45, 7) is 6.30. The number of rotatable bonds is 6. The number of nitrogens with zero attached hydrogens (tertiary/aromatic N) is 1. The van der Waals surface area contributed by atoms with Crippen LogP contribution in [0.1, 0.15) is 32.8 Å². The van der Waals surface area contributed by atoms with Gasteiger partial charge in [-0.15, -0.1) is 0 Å². The highest BCUT2D eigenvalue weighted by Crippen LogP contribution is 2.28. The number of amides is 1. The van der Waals surface area contributed by atoms with Crippen LogP contribution in [0.4, 0.5) is 4.79 Å². The summed E-state index contributed by atoms with van der Waals surface area (Å²) < 4.78 is 20.9. The van der Waals surface area contributed by atoms with E-state index in [2.05, 4.69) is 5.32 Å². The summed E-state index contributed by atoms with van der Waals surface area (Å²) in [4.78, 5) is 26.1. The summed E-state index contributed by atoms with van der Waals surface area (Å²) in [7, 11) is 4.50. The second-order valence-electron chi connectivity index (χ2n) is 7.67. The van der Waals surface area contributed by atoms with Gasteiger partial charge in [-0.2, -0.15) is 0 Å². The highest BCUT2D eigenvalue weighted by Gasteiger charge is 2.42. The SMILES string of the molecule is COC(=O)[C@@H]1C[C@H](NCc2ccc(OC)c(OC)c2)CN1C(=O)OC(C)(C)C. The molecule has 1 aromatic carbocycles. The molecule has 2 atom stereocenters. The standard InChI is InChI=1S/C20H30N2O6/c1-20(2,3)28-19(24)22-12-14(10-15(22)18(23)27-6)21-11-13-7-8-16(25-4)17(9-13)26-5/h7-9,14-15,21H,10-12H2,1-6H3/t14-,15-/m0/s1. The fourth-order valence-corrected chi connectivity index (χ4v) is 3.12. The molecule has 1 fully saturated rings. The van der Waals surface area contributed by atoms with Gasteiger partial charge >= 0.3 is 12.1 Å². The zero-order valence-corrected chi connectivity index (χ0v) is 17.4. The Hall–Kier alpha value is -2.48. The van der Waals surface area contributed by atoms with Gasteiger partial charge in [0.2, 0.25) is 0 Å².